The average Bonchev–Trinajstić information content (AvgIpc) is 2.90. The van der Waals surface area contributed by atoms with Crippen LogP contribution in [0.25, 0.3) is 17.2 Å². The van der Waals surface area contributed by atoms with E-state index in [1.54, 1.807) is 6.08 Å². The van der Waals surface area contributed by atoms with E-state index in [9.17, 15) is 9.90 Å². The third kappa shape index (κ3) is 3.49. The summed E-state index contributed by atoms with van der Waals surface area (Å²) in [6.45, 7) is 0. The molecule has 1 saturated carbocycles. The number of carbonyl (C=O) groups excluding carboxylic acids is 1. The molecule has 2 aromatic rings. The highest BCUT2D eigenvalue weighted by atomic mass is 16.3. The number of nitrogens with one attached hydrogen (secondary N) is 1. The lowest BCUT2D eigenvalue weighted by Gasteiger charge is -2.25. The van der Waals surface area contributed by atoms with Crippen molar-refractivity contribution in [2.24, 2.45) is 0 Å². The van der Waals surface area contributed by atoms with E-state index < -0.39 is 0 Å². The van der Waals surface area contributed by atoms with Crippen LogP contribution in [0.1, 0.15) is 31.6 Å². The molecular formula is C16H18N2O3. The van der Waals surface area contributed by atoms with Crippen molar-refractivity contribution < 1.29 is 14.3 Å². The molecule has 2 N–H and O–H groups in total. The molecule has 5 heteroatoms. The number of oxazole rings is 1. The van der Waals surface area contributed by atoms with Gasteiger partial charge in [-0.2, -0.15) is 0 Å². The van der Waals surface area contributed by atoms with Gasteiger partial charge in [-0.15, -0.1) is 0 Å². The SMILES string of the molecule is O=C(C=Cc1nc2ccccc2o1)NC1CCC(O)CC1. The number of aromatic nitrogens is 1. The maximum absolute atomic E-state index is 11.9. The number of benzene rings is 1. The van der Waals surface area contributed by atoms with Crippen molar-refractivity contribution in [3.05, 3.63) is 36.2 Å². The molecule has 1 fully saturated rings. The Morgan fingerprint density at radius 2 is 2.05 bits per heavy atom. The van der Waals surface area contributed by atoms with E-state index in [4.69, 9.17) is 4.42 Å². The third-order valence-corrected chi connectivity index (χ3v) is 3.73. The molecule has 0 aliphatic heterocycles. The number of nitrogens with zero attached hydrogens (tertiary/aromatic N) is 1. The molecule has 0 spiro atoms. The van der Waals surface area contributed by atoms with Gasteiger partial charge in [0.05, 0.1) is 6.10 Å². The Hall–Kier alpha value is -2.14. The molecule has 0 radical (unpaired) electrons. The van der Waals surface area contributed by atoms with Gasteiger partial charge in [-0.05, 0) is 37.8 Å². The van der Waals surface area contributed by atoms with Crippen LogP contribution in [0, 0.1) is 0 Å². The molecule has 1 amide bonds. The van der Waals surface area contributed by atoms with Gasteiger partial charge >= 0.3 is 0 Å². The second-order valence-electron chi connectivity index (χ2n) is 5.37. The number of carbonyl (C=O) groups is 1. The summed E-state index contributed by atoms with van der Waals surface area (Å²) in [6.07, 6.45) is 5.95. The predicted octanol–water partition coefficient (Wildman–Crippen LogP) is 2.26. The molecule has 21 heavy (non-hydrogen) atoms. The topological polar surface area (TPSA) is 75.4 Å². The molecule has 1 aromatic heterocycles. The number of aliphatic hydroxyl groups excluding tert-OH is 1. The van der Waals surface area contributed by atoms with Crippen molar-refractivity contribution in [3.63, 3.8) is 0 Å². The highest BCUT2D eigenvalue weighted by molar-refractivity contribution is 5.91. The second kappa shape index (κ2) is 6.10. The molecule has 5 nitrogen and oxygen atoms in total. The lowest BCUT2D eigenvalue weighted by Crippen LogP contribution is -2.37. The molecule has 0 atom stereocenters. The van der Waals surface area contributed by atoms with Crippen LogP contribution in [0.15, 0.2) is 34.8 Å². The lowest BCUT2D eigenvalue weighted by molar-refractivity contribution is -0.117. The van der Waals surface area contributed by atoms with Crippen LogP contribution in [0.2, 0.25) is 0 Å². The molecule has 0 saturated heterocycles. The summed E-state index contributed by atoms with van der Waals surface area (Å²) >= 11 is 0. The van der Waals surface area contributed by atoms with E-state index in [1.165, 1.54) is 6.08 Å². The first-order valence-corrected chi connectivity index (χ1v) is 7.23. The highest BCUT2D eigenvalue weighted by Crippen LogP contribution is 2.18. The summed E-state index contributed by atoms with van der Waals surface area (Å²) in [6, 6.07) is 7.62. The monoisotopic (exact) mass is 286 g/mol. The molecule has 3 rings (SSSR count). The first-order chi connectivity index (χ1) is 10.2. The Kier molecular flexibility index (Phi) is 4.01. The van der Waals surface area contributed by atoms with Gasteiger partial charge in [0.25, 0.3) is 0 Å². The minimum atomic E-state index is -0.214. The van der Waals surface area contributed by atoms with Gasteiger partial charge in [0.2, 0.25) is 11.8 Å². The molecular weight excluding hydrogens is 268 g/mol. The molecule has 1 aliphatic rings. The number of rotatable bonds is 3. The van der Waals surface area contributed by atoms with Crippen molar-refractivity contribution >= 4 is 23.1 Å². The number of para-hydroxylation sites is 2. The van der Waals surface area contributed by atoms with Crippen molar-refractivity contribution in [1.82, 2.24) is 10.3 Å². The van der Waals surface area contributed by atoms with Crippen LogP contribution in [0.4, 0.5) is 0 Å². The number of aliphatic hydroxyl groups is 1. The maximum Gasteiger partial charge on any atom is 0.244 e. The van der Waals surface area contributed by atoms with Crippen LogP contribution < -0.4 is 5.32 Å². The summed E-state index contributed by atoms with van der Waals surface area (Å²) in [4.78, 5) is 16.1. The lowest BCUT2D eigenvalue weighted by atomic mass is 9.93. The Balaban J connectivity index is 1.58. The smallest absolute Gasteiger partial charge is 0.244 e. The quantitative estimate of drug-likeness (QED) is 0.849. The molecule has 0 unspecified atom stereocenters. The molecule has 1 aliphatic carbocycles. The van der Waals surface area contributed by atoms with Gasteiger partial charge in [-0.3, -0.25) is 4.79 Å². The summed E-state index contributed by atoms with van der Waals surface area (Å²) in [5.74, 6) is 0.268. The first-order valence-electron chi connectivity index (χ1n) is 7.23. The van der Waals surface area contributed by atoms with Gasteiger partial charge < -0.3 is 14.8 Å². The highest BCUT2D eigenvalue weighted by Gasteiger charge is 2.19. The fraction of sp³-hybridized carbons (Fsp3) is 0.375. The minimum Gasteiger partial charge on any atom is -0.437 e. The number of amides is 1. The predicted molar refractivity (Wildman–Crippen MR) is 79.4 cm³/mol. The largest absolute Gasteiger partial charge is 0.437 e. The number of fused-ring (bicyclic) bond motifs is 1. The zero-order valence-electron chi connectivity index (χ0n) is 11.7. The zero-order valence-corrected chi connectivity index (χ0v) is 11.7. The minimum absolute atomic E-state index is 0.147. The van der Waals surface area contributed by atoms with Crippen LogP contribution in [-0.2, 0) is 4.79 Å². The van der Waals surface area contributed by atoms with E-state index in [0.717, 1.165) is 31.2 Å². The van der Waals surface area contributed by atoms with Crippen LogP contribution in [0.3, 0.4) is 0 Å². The molecule has 110 valence electrons. The Morgan fingerprint density at radius 1 is 1.29 bits per heavy atom. The Bertz CT molecular complexity index is 621. The normalized spacial score (nSPS) is 22.7. The van der Waals surface area contributed by atoms with Crippen LogP contribution in [-0.4, -0.2) is 28.1 Å². The summed E-state index contributed by atoms with van der Waals surface area (Å²) in [5, 5.41) is 12.4. The molecule has 1 heterocycles. The number of hydrogen-bond donors (Lipinski definition) is 2. The summed E-state index contributed by atoms with van der Waals surface area (Å²) < 4.78 is 5.51. The zero-order chi connectivity index (χ0) is 14.7. The van der Waals surface area contributed by atoms with Gasteiger partial charge in [-0.1, -0.05) is 12.1 Å². The van der Waals surface area contributed by atoms with Crippen molar-refractivity contribution in [2.75, 3.05) is 0 Å². The van der Waals surface area contributed by atoms with Gasteiger partial charge in [0.1, 0.15) is 5.52 Å². The van der Waals surface area contributed by atoms with Crippen molar-refractivity contribution in [1.29, 1.82) is 0 Å². The average molecular weight is 286 g/mol. The van der Waals surface area contributed by atoms with Gasteiger partial charge in [0, 0.05) is 18.2 Å². The van der Waals surface area contributed by atoms with Crippen molar-refractivity contribution in [2.45, 2.75) is 37.8 Å². The maximum atomic E-state index is 11.9. The van der Waals surface area contributed by atoms with E-state index in [-0.39, 0.29) is 18.1 Å². The Labute approximate surface area is 122 Å². The second-order valence-corrected chi connectivity index (χ2v) is 5.37. The summed E-state index contributed by atoms with van der Waals surface area (Å²) in [5.41, 5.74) is 1.48. The van der Waals surface area contributed by atoms with Crippen LogP contribution >= 0.6 is 0 Å². The van der Waals surface area contributed by atoms with Crippen molar-refractivity contribution in [3.8, 4) is 0 Å². The van der Waals surface area contributed by atoms with E-state index in [2.05, 4.69) is 10.3 Å². The fourth-order valence-electron chi connectivity index (χ4n) is 2.58. The van der Waals surface area contributed by atoms with Crippen LogP contribution in [0.5, 0.6) is 0 Å². The fourth-order valence-corrected chi connectivity index (χ4v) is 2.58. The third-order valence-electron chi connectivity index (χ3n) is 3.73. The van der Waals surface area contributed by atoms with E-state index >= 15 is 0 Å². The Morgan fingerprint density at radius 3 is 2.81 bits per heavy atom. The first kappa shape index (κ1) is 13.8. The van der Waals surface area contributed by atoms with E-state index in [0.29, 0.717) is 11.5 Å². The van der Waals surface area contributed by atoms with Gasteiger partial charge in [0.15, 0.2) is 5.58 Å². The number of hydrogen-bond acceptors (Lipinski definition) is 4. The standard InChI is InChI=1S/C16H18N2O3/c19-12-7-5-11(6-8-12)17-15(20)9-10-16-18-13-3-1-2-4-14(13)21-16/h1-4,9-12,19H,5-8H2,(H,17,20). The molecule has 1 aromatic carbocycles. The summed E-state index contributed by atoms with van der Waals surface area (Å²) in [7, 11) is 0. The van der Waals surface area contributed by atoms with E-state index in [1.807, 2.05) is 24.3 Å². The van der Waals surface area contributed by atoms with Gasteiger partial charge in [-0.25, -0.2) is 4.98 Å². The molecule has 0 bridgehead atoms.